The number of rotatable bonds is 4. The second kappa shape index (κ2) is 6.32. The van der Waals surface area contributed by atoms with Crippen molar-refractivity contribution in [1.29, 1.82) is 0 Å². The van der Waals surface area contributed by atoms with Gasteiger partial charge in [-0.2, -0.15) is 10.2 Å². The molecule has 2 aromatic rings. The van der Waals surface area contributed by atoms with Gasteiger partial charge in [-0.05, 0) is 37.6 Å². The largest absolute Gasteiger partial charge is 0.399 e. The summed E-state index contributed by atoms with van der Waals surface area (Å²) in [4.78, 5) is 12.1. The first-order valence-electron chi connectivity index (χ1n) is 6.60. The summed E-state index contributed by atoms with van der Waals surface area (Å²) < 4.78 is 0. The fourth-order valence-corrected chi connectivity index (χ4v) is 1.90. The summed E-state index contributed by atoms with van der Waals surface area (Å²) in [7, 11) is 0. The van der Waals surface area contributed by atoms with Crippen molar-refractivity contribution in [3.63, 3.8) is 0 Å². The number of nitrogens with zero attached hydrogens (tertiary/aromatic N) is 2. The fraction of sp³-hybridized carbons (Fsp3) is 0.267. The third-order valence-electron chi connectivity index (χ3n) is 3.12. The molecule has 6 nitrogen and oxygen atoms in total. The molecule has 0 spiro atoms. The highest BCUT2D eigenvalue weighted by Crippen LogP contribution is 2.14. The number of hydrogen-bond acceptors (Lipinski definition) is 5. The van der Waals surface area contributed by atoms with Gasteiger partial charge in [0.1, 0.15) is 0 Å². The maximum absolute atomic E-state index is 12.1. The topological polar surface area (TPSA) is 101 Å². The van der Waals surface area contributed by atoms with Gasteiger partial charge in [0.05, 0.1) is 23.1 Å². The van der Waals surface area contributed by atoms with E-state index in [-0.39, 0.29) is 12.5 Å². The van der Waals surface area contributed by atoms with E-state index in [1.807, 2.05) is 0 Å². The molecule has 1 unspecified atom stereocenters. The van der Waals surface area contributed by atoms with Crippen LogP contribution in [0.15, 0.2) is 30.3 Å². The number of carbonyl (C=O) groups excluding carboxylic acids is 1. The molecule has 1 atom stereocenters. The van der Waals surface area contributed by atoms with E-state index in [0.717, 1.165) is 0 Å². The lowest BCUT2D eigenvalue weighted by molar-refractivity contribution is 0.0915. The van der Waals surface area contributed by atoms with E-state index in [0.29, 0.717) is 28.2 Å². The summed E-state index contributed by atoms with van der Waals surface area (Å²) in [5.74, 6) is -0.278. The molecule has 6 heteroatoms. The van der Waals surface area contributed by atoms with Crippen molar-refractivity contribution in [2.75, 3.05) is 12.3 Å². The van der Waals surface area contributed by atoms with Crippen LogP contribution in [-0.2, 0) is 0 Å². The van der Waals surface area contributed by atoms with Gasteiger partial charge < -0.3 is 16.2 Å². The molecular formula is C15H18N4O2. The highest BCUT2D eigenvalue weighted by Gasteiger charge is 2.13. The second-order valence-corrected chi connectivity index (χ2v) is 4.88. The van der Waals surface area contributed by atoms with Crippen LogP contribution in [0.25, 0.3) is 0 Å². The Balaban J connectivity index is 2.00. The lowest BCUT2D eigenvalue weighted by atomic mass is 10.1. The van der Waals surface area contributed by atoms with Crippen LogP contribution in [0.1, 0.15) is 33.4 Å². The zero-order valence-electron chi connectivity index (χ0n) is 12.0. The molecule has 0 saturated carbocycles. The number of nitrogens with one attached hydrogen (secondary N) is 1. The molecule has 1 aromatic heterocycles. The van der Waals surface area contributed by atoms with Crippen LogP contribution in [0.5, 0.6) is 0 Å². The summed E-state index contributed by atoms with van der Waals surface area (Å²) >= 11 is 0. The fourth-order valence-electron chi connectivity index (χ4n) is 1.90. The van der Waals surface area contributed by atoms with Crippen molar-refractivity contribution in [1.82, 2.24) is 15.5 Å². The van der Waals surface area contributed by atoms with Gasteiger partial charge in [0, 0.05) is 12.2 Å². The van der Waals surface area contributed by atoms with E-state index < -0.39 is 6.10 Å². The zero-order valence-corrected chi connectivity index (χ0v) is 12.0. The molecule has 0 saturated heterocycles. The molecule has 0 fully saturated rings. The van der Waals surface area contributed by atoms with E-state index in [4.69, 9.17) is 5.73 Å². The van der Waals surface area contributed by atoms with Crippen molar-refractivity contribution >= 4 is 11.6 Å². The number of hydrogen-bond donors (Lipinski definition) is 3. The van der Waals surface area contributed by atoms with Crippen molar-refractivity contribution in [3.8, 4) is 0 Å². The maximum Gasteiger partial charge on any atom is 0.253 e. The molecule has 21 heavy (non-hydrogen) atoms. The smallest absolute Gasteiger partial charge is 0.253 e. The molecule has 0 bridgehead atoms. The minimum absolute atomic E-state index is 0.115. The predicted octanol–water partition coefficient (Wildman–Crippen LogP) is 1.14. The minimum Gasteiger partial charge on any atom is -0.399 e. The van der Waals surface area contributed by atoms with Gasteiger partial charge in [-0.3, -0.25) is 4.79 Å². The van der Waals surface area contributed by atoms with E-state index in [1.54, 1.807) is 44.2 Å². The Hall–Kier alpha value is -2.47. The summed E-state index contributed by atoms with van der Waals surface area (Å²) in [5.41, 5.74) is 8.61. The number of aliphatic hydroxyl groups excluding tert-OH is 1. The zero-order chi connectivity index (χ0) is 15.4. The number of nitrogens with two attached hydrogens (primary N) is 1. The molecule has 1 amide bonds. The molecule has 0 radical (unpaired) electrons. The van der Waals surface area contributed by atoms with Gasteiger partial charge in [0.2, 0.25) is 0 Å². The van der Waals surface area contributed by atoms with Gasteiger partial charge in [0.25, 0.3) is 5.91 Å². The Morgan fingerprint density at radius 1 is 1.29 bits per heavy atom. The minimum atomic E-state index is -0.786. The van der Waals surface area contributed by atoms with E-state index in [2.05, 4.69) is 15.5 Å². The van der Waals surface area contributed by atoms with Crippen LogP contribution in [0, 0.1) is 13.8 Å². The third kappa shape index (κ3) is 3.76. The van der Waals surface area contributed by atoms with Crippen molar-refractivity contribution in [2.45, 2.75) is 20.0 Å². The number of amides is 1. The Labute approximate surface area is 123 Å². The molecular weight excluding hydrogens is 268 g/mol. The number of carbonyl (C=O) groups is 1. The number of aliphatic hydroxyl groups is 1. The lowest BCUT2D eigenvalue weighted by Crippen LogP contribution is -2.29. The second-order valence-electron chi connectivity index (χ2n) is 4.88. The van der Waals surface area contributed by atoms with Gasteiger partial charge in [-0.25, -0.2) is 0 Å². The van der Waals surface area contributed by atoms with Gasteiger partial charge >= 0.3 is 0 Å². The van der Waals surface area contributed by atoms with Crippen molar-refractivity contribution in [3.05, 3.63) is 52.8 Å². The van der Waals surface area contributed by atoms with Crippen LogP contribution >= 0.6 is 0 Å². The Morgan fingerprint density at radius 3 is 2.62 bits per heavy atom. The quantitative estimate of drug-likeness (QED) is 0.732. The average Bonchev–Trinajstić information content (AvgIpc) is 2.47. The Bertz CT molecular complexity index is 641. The normalized spacial score (nSPS) is 12.0. The summed E-state index contributed by atoms with van der Waals surface area (Å²) in [6.45, 7) is 3.60. The summed E-state index contributed by atoms with van der Waals surface area (Å²) in [5, 5.41) is 20.5. The molecule has 0 aliphatic carbocycles. The van der Waals surface area contributed by atoms with Gasteiger partial charge in [-0.1, -0.05) is 12.1 Å². The maximum atomic E-state index is 12.1. The van der Waals surface area contributed by atoms with E-state index >= 15 is 0 Å². The summed E-state index contributed by atoms with van der Waals surface area (Å²) in [6.07, 6.45) is -0.786. The Morgan fingerprint density at radius 2 is 1.95 bits per heavy atom. The predicted molar refractivity (Wildman–Crippen MR) is 79.7 cm³/mol. The highest BCUT2D eigenvalue weighted by atomic mass is 16.3. The highest BCUT2D eigenvalue weighted by molar-refractivity contribution is 5.95. The average molecular weight is 286 g/mol. The van der Waals surface area contributed by atoms with Gasteiger partial charge in [-0.15, -0.1) is 0 Å². The Kier molecular flexibility index (Phi) is 4.49. The number of aryl methyl sites for hydroxylation is 2. The van der Waals surface area contributed by atoms with Crippen LogP contribution in [0.3, 0.4) is 0 Å². The number of aromatic nitrogens is 2. The first-order chi connectivity index (χ1) is 9.97. The molecule has 0 aliphatic rings. The van der Waals surface area contributed by atoms with E-state index in [9.17, 15) is 9.90 Å². The first kappa shape index (κ1) is 14.9. The molecule has 0 aliphatic heterocycles. The van der Waals surface area contributed by atoms with Crippen LogP contribution in [-0.4, -0.2) is 27.8 Å². The molecule has 4 N–H and O–H groups in total. The first-order valence-corrected chi connectivity index (χ1v) is 6.60. The number of benzene rings is 1. The van der Waals surface area contributed by atoms with Crippen LogP contribution in [0.2, 0.25) is 0 Å². The monoisotopic (exact) mass is 286 g/mol. The van der Waals surface area contributed by atoms with Crippen LogP contribution in [0.4, 0.5) is 5.69 Å². The van der Waals surface area contributed by atoms with Gasteiger partial charge in [0.15, 0.2) is 0 Å². The molecule has 2 rings (SSSR count). The molecule has 1 aromatic carbocycles. The van der Waals surface area contributed by atoms with Crippen LogP contribution < -0.4 is 11.1 Å². The number of nitrogen functional groups attached to an aromatic ring is 1. The SMILES string of the molecule is Cc1cc(C(=O)NCC(O)c2ccc(N)cc2)c(C)nn1. The van der Waals surface area contributed by atoms with Crippen molar-refractivity contribution in [2.24, 2.45) is 0 Å². The van der Waals surface area contributed by atoms with E-state index in [1.165, 1.54) is 0 Å². The number of anilines is 1. The summed E-state index contributed by atoms with van der Waals surface area (Å²) in [6, 6.07) is 8.56. The van der Waals surface area contributed by atoms with Crippen molar-refractivity contribution < 1.29 is 9.90 Å². The lowest BCUT2D eigenvalue weighted by Gasteiger charge is -2.13. The third-order valence-corrected chi connectivity index (χ3v) is 3.12. The molecule has 1 heterocycles. The standard InChI is InChI=1S/C15H18N4O2/c1-9-7-13(10(2)19-18-9)15(21)17-8-14(20)11-3-5-12(16)6-4-11/h3-7,14,20H,8,16H2,1-2H3,(H,17,21). The molecule has 110 valence electrons.